The number of rotatable bonds is 6. The zero-order chi connectivity index (χ0) is 21.2. The first-order valence-corrected chi connectivity index (χ1v) is 9.44. The molecule has 3 rings (SSSR count). The molecule has 6 nitrogen and oxygen atoms in total. The molecule has 1 aliphatic heterocycles. The highest BCUT2D eigenvalue weighted by Crippen LogP contribution is 2.26. The minimum absolute atomic E-state index is 0.0126. The molecule has 1 atom stereocenters. The summed E-state index contributed by atoms with van der Waals surface area (Å²) in [6, 6.07) is 6.17. The van der Waals surface area contributed by atoms with Gasteiger partial charge in [-0.15, -0.1) is 0 Å². The van der Waals surface area contributed by atoms with E-state index in [9.17, 15) is 13.6 Å². The summed E-state index contributed by atoms with van der Waals surface area (Å²) in [5, 5.41) is 3.30. The van der Waals surface area contributed by atoms with E-state index in [0.717, 1.165) is 0 Å². The molecular weight excluding hydrogens is 376 g/mol. The number of pyridine rings is 2. The molecule has 8 heteroatoms. The van der Waals surface area contributed by atoms with Crippen LogP contribution in [0.15, 0.2) is 37.0 Å². The van der Waals surface area contributed by atoms with Crippen molar-refractivity contribution in [2.45, 2.75) is 32.0 Å². The van der Waals surface area contributed by atoms with Gasteiger partial charge in [-0.05, 0) is 44.5 Å². The van der Waals surface area contributed by atoms with E-state index in [4.69, 9.17) is 5.73 Å². The van der Waals surface area contributed by atoms with E-state index in [1.807, 2.05) is 4.90 Å². The lowest BCUT2D eigenvalue weighted by Crippen LogP contribution is -2.52. The maximum absolute atomic E-state index is 14.1. The highest BCUT2D eigenvalue weighted by atomic mass is 19.1. The van der Waals surface area contributed by atoms with Gasteiger partial charge in [-0.3, -0.25) is 4.79 Å². The number of anilines is 2. The molecule has 0 aliphatic carbocycles. The van der Waals surface area contributed by atoms with Crippen molar-refractivity contribution in [3.05, 3.63) is 53.9 Å². The van der Waals surface area contributed by atoms with Crippen molar-refractivity contribution < 1.29 is 13.6 Å². The lowest BCUT2D eigenvalue weighted by molar-refractivity contribution is 0.103. The van der Waals surface area contributed by atoms with Crippen LogP contribution in [0.3, 0.4) is 0 Å². The Balaban J connectivity index is 1.94. The number of nitrogens with one attached hydrogen (secondary N) is 1. The quantitative estimate of drug-likeness (QED) is 0.724. The third-order valence-corrected chi connectivity index (χ3v) is 4.78. The van der Waals surface area contributed by atoms with E-state index in [0.29, 0.717) is 31.9 Å². The molecule has 2 aromatic rings. The summed E-state index contributed by atoms with van der Waals surface area (Å²) in [5.41, 5.74) is 4.60. The lowest BCUT2D eigenvalue weighted by Gasteiger charge is -2.36. The highest BCUT2D eigenvalue weighted by Gasteiger charge is 2.28. The number of nitrogens with two attached hydrogens (primary N) is 1. The number of ketones is 1. The molecule has 0 aromatic carbocycles. The smallest absolute Gasteiger partial charge is 0.215 e. The Bertz CT molecular complexity index is 926. The van der Waals surface area contributed by atoms with Gasteiger partial charge < -0.3 is 16.0 Å². The SMILES string of the molecule is C=C(F)c1ccc(N2CCN[C@@H](CC(C)(C)F)C2)nc1C(=O)c1cccnc1N. The van der Waals surface area contributed by atoms with E-state index in [-0.39, 0.29) is 28.7 Å². The van der Waals surface area contributed by atoms with Crippen molar-refractivity contribution in [1.82, 2.24) is 15.3 Å². The summed E-state index contributed by atoms with van der Waals surface area (Å²) < 4.78 is 28.0. The van der Waals surface area contributed by atoms with E-state index in [1.54, 1.807) is 26.0 Å². The summed E-state index contributed by atoms with van der Waals surface area (Å²) >= 11 is 0. The third kappa shape index (κ3) is 4.95. The summed E-state index contributed by atoms with van der Waals surface area (Å²) in [5.74, 6) is -0.716. The van der Waals surface area contributed by atoms with Crippen molar-refractivity contribution in [2.75, 3.05) is 30.3 Å². The van der Waals surface area contributed by atoms with Gasteiger partial charge in [0.05, 0.1) is 5.56 Å². The van der Waals surface area contributed by atoms with Crippen LogP contribution in [-0.2, 0) is 0 Å². The normalized spacial score (nSPS) is 17.2. The van der Waals surface area contributed by atoms with E-state index >= 15 is 0 Å². The monoisotopic (exact) mass is 401 g/mol. The van der Waals surface area contributed by atoms with Gasteiger partial charge in [0.15, 0.2) is 0 Å². The second-order valence-electron chi connectivity index (χ2n) is 7.76. The average Bonchev–Trinajstić information content (AvgIpc) is 2.66. The van der Waals surface area contributed by atoms with Crippen molar-refractivity contribution >= 4 is 23.2 Å². The second-order valence-corrected chi connectivity index (χ2v) is 7.76. The molecule has 1 aliphatic rings. The minimum Gasteiger partial charge on any atom is -0.383 e. The van der Waals surface area contributed by atoms with Crippen molar-refractivity contribution in [1.29, 1.82) is 0 Å². The number of aromatic nitrogens is 2. The van der Waals surface area contributed by atoms with Gasteiger partial charge in [0.1, 0.15) is 28.8 Å². The third-order valence-electron chi connectivity index (χ3n) is 4.78. The van der Waals surface area contributed by atoms with Crippen molar-refractivity contribution in [2.24, 2.45) is 0 Å². The minimum atomic E-state index is -1.30. The number of carbonyl (C=O) groups is 1. The Labute approximate surface area is 168 Å². The lowest BCUT2D eigenvalue weighted by atomic mass is 9.99. The van der Waals surface area contributed by atoms with Gasteiger partial charge in [0.2, 0.25) is 5.78 Å². The Hall–Kier alpha value is -2.87. The number of carbonyl (C=O) groups excluding carboxylic acids is 1. The number of hydrogen-bond donors (Lipinski definition) is 2. The molecule has 154 valence electrons. The van der Waals surface area contributed by atoms with Gasteiger partial charge in [0.25, 0.3) is 0 Å². The predicted octanol–water partition coefficient (Wildman–Crippen LogP) is 3.15. The molecule has 0 spiro atoms. The van der Waals surface area contributed by atoms with Gasteiger partial charge in [-0.1, -0.05) is 6.58 Å². The predicted molar refractivity (Wildman–Crippen MR) is 110 cm³/mol. The molecule has 29 heavy (non-hydrogen) atoms. The summed E-state index contributed by atoms with van der Waals surface area (Å²) in [7, 11) is 0. The molecule has 1 saturated heterocycles. The molecule has 3 heterocycles. The van der Waals surface area contributed by atoms with Crippen LogP contribution in [0.25, 0.3) is 5.83 Å². The molecule has 0 saturated carbocycles. The average molecular weight is 401 g/mol. The number of nitrogen functional groups attached to an aromatic ring is 1. The van der Waals surface area contributed by atoms with Crippen molar-refractivity contribution in [3.8, 4) is 0 Å². The second kappa shape index (κ2) is 8.24. The molecule has 0 radical (unpaired) electrons. The summed E-state index contributed by atoms with van der Waals surface area (Å²) in [6.45, 7) is 8.21. The summed E-state index contributed by atoms with van der Waals surface area (Å²) in [6.07, 6.45) is 1.82. The fourth-order valence-electron chi connectivity index (χ4n) is 3.51. The molecule has 3 N–H and O–H groups in total. The van der Waals surface area contributed by atoms with Gasteiger partial charge in [0, 0.05) is 37.4 Å². The van der Waals surface area contributed by atoms with Crippen LogP contribution in [0.2, 0.25) is 0 Å². The molecule has 1 fully saturated rings. The number of halogens is 2. The first kappa shape index (κ1) is 20.9. The maximum Gasteiger partial charge on any atom is 0.215 e. The van der Waals surface area contributed by atoms with E-state index in [2.05, 4.69) is 21.9 Å². The first-order valence-electron chi connectivity index (χ1n) is 9.44. The number of piperazine rings is 1. The molecular formula is C21H25F2N5O. The van der Waals surface area contributed by atoms with E-state index in [1.165, 1.54) is 18.3 Å². The maximum atomic E-state index is 14.1. The Morgan fingerprint density at radius 3 is 2.79 bits per heavy atom. The van der Waals surface area contributed by atoms with Crippen LogP contribution < -0.4 is 16.0 Å². The number of alkyl halides is 1. The molecule has 0 amide bonds. The van der Waals surface area contributed by atoms with Crippen LogP contribution in [0, 0.1) is 0 Å². The Morgan fingerprint density at radius 1 is 1.38 bits per heavy atom. The molecule has 0 unspecified atom stereocenters. The van der Waals surface area contributed by atoms with Crippen LogP contribution in [0.1, 0.15) is 41.9 Å². The van der Waals surface area contributed by atoms with Crippen LogP contribution in [0.4, 0.5) is 20.4 Å². The first-order chi connectivity index (χ1) is 13.7. The van der Waals surface area contributed by atoms with Crippen LogP contribution >= 0.6 is 0 Å². The number of hydrogen-bond acceptors (Lipinski definition) is 6. The zero-order valence-electron chi connectivity index (χ0n) is 16.6. The van der Waals surface area contributed by atoms with Gasteiger partial charge >= 0.3 is 0 Å². The topological polar surface area (TPSA) is 84.1 Å². The molecule has 0 bridgehead atoms. The van der Waals surface area contributed by atoms with Crippen molar-refractivity contribution in [3.63, 3.8) is 0 Å². The summed E-state index contributed by atoms with van der Waals surface area (Å²) in [4.78, 5) is 23.3. The van der Waals surface area contributed by atoms with Gasteiger partial charge in [-0.2, -0.15) is 0 Å². The fourth-order valence-corrected chi connectivity index (χ4v) is 3.51. The largest absolute Gasteiger partial charge is 0.383 e. The molecule has 2 aromatic heterocycles. The van der Waals surface area contributed by atoms with Crippen LogP contribution in [0.5, 0.6) is 0 Å². The standard InChI is InChI=1S/C21H25F2N5O/c1-13(22)15-6-7-17(28-10-9-25-14(12-28)11-21(2,3)23)27-18(15)19(29)16-5-4-8-26-20(16)24/h4-8,14,25H,1,9-12H2,2-3H3,(H2,24,26)/t14-/m0/s1. The fraction of sp³-hybridized carbons (Fsp3) is 0.381. The van der Waals surface area contributed by atoms with Crippen LogP contribution in [-0.4, -0.2) is 47.1 Å². The highest BCUT2D eigenvalue weighted by molar-refractivity contribution is 6.12. The Morgan fingerprint density at radius 2 is 2.14 bits per heavy atom. The Kier molecular flexibility index (Phi) is 5.93. The van der Waals surface area contributed by atoms with Gasteiger partial charge in [-0.25, -0.2) is 18.7 Å². The van der Waals surface area contributed by atoms with E-state index < -0.39 is 17.3 Å². The number of nitrogens with zero attached hydrogens (tertiary/aromatic N) is 3. The zero-order valence-corrected chi connectivity index (χ0v) is 16.6.